The van der Waals surface area contributed by atoms with E-state index in [0.29, 0.717) is 5.54 Å². The Balaban J connectivity index is 1.59. The van der Waals surface area contributed by atoms with Crippen LogP contribution >= 0.6 is 0 Å². The zero-order valence-electron chi connectivity index (χ0n) is 9.68. The third-order valence-electron chi connectivity index (χ3n) is 3.76. The first kappa shape index (κ1) is 10.4. The molecule has 0 spiro atoms. The zero-order chi connectivity index (χ0) is 10.0. The molecular formula is C12H24N2. The fourth-order valence-corrected chi connectivity index (χ4v) is 2.42. The third-order valence-corrected chi connectivity index (χ3v) is 3.76. The van der Waals surface area contributed by atoms with Gasteiger partial charge in [-0.05, 0) is 58.5 Å². The van der Waals surface area contributed by atoms with Crippen molar-refractivity contribution in [3.05, 3.63) is 0 Å². The van der Waals surface area contributed by atoms with Crippen LogP contribution in [0.5, 0.6) is 0 Å². The molecule has 0 bridgehead atoms. The van der Waals surface area contributed by atoms with Gasteiger partial charge < -0.3 is 5.32 Å². The number of nitrogens with one attached hydrogen (secondary N) is 1. The highest BCUT2D eigenvalue weighted by molar-refractivity contribution is 4.88. The van der Waals surface area contributed by atoms with Crippen molar-refractivity contribution in [1.82, 2.24) is 10.2 Å². The smallest absolute Gasteiger partial charge is 0.0154 e. The van der Waals surface area contributed by atoms with E-state index in [1.165, 1.54) is 51.9 Å². The fraction of sp³-hybridized carbons (Fsp3) is 1.00. The van der Waals surface area contributed by atoms with Gasteiger partial charge in [0.05, 0.1) is 0 Å². The predicted molar refractivity (Wildman–Crippen MR) is 60.5 cm³/mol. The van der Waals surface area contributed by atoms with Crippen LogP contribution < -0.4 is 5.32 Å². The fourth-order valence-electron chi connectivity index (χ4n) is 2.42. The summed E-state index contributed by atoms with van der Waals surface area (Å²) in [4.78, 5) is 2.63. The molecule has 1 saturated carbocycles. The van der Waals surface area contributed by atoms with Crippen LogP contribution in [0.25, 0.3) is 0 Å². The molecule has 2 aliphatic rings. The molecular weight excluding hydrogens is 172 g/mol. The lowest BCUT2D eigenvalue weighted by Crippen LogP contribution is -2.42. The summed E-state index contributed by atoms with van der Waals surface area (Å²) in [5, 5.41) is 3.57. The summed E-state index contributed by atoms with van der Waals surface area (Å²) in [6.07, 6.45) is 5.68. The summed E-state index contributed by atoms with van der Waals surface area (Å²) in [5.41, 5.74) is 0.460. The molecule has 2 rings (SSSR count). The van der Waals surface area contributed by atoms with Gasteiger partial charge in [-0.25, -0.2) is 0 Å². The van der Waals surface area contributed by atoms with Crippen LogP contribution in [0.15, 0.2) is 0 Å². The van der Waals surface area contributed by atoms with Gasteiger partial charge in [0.25, 0.3) is 0 Å². The van der Waals surface area contributed by atoms with Crippen LogP contribution in [-0.4, -0.2) is 36.6 Å². The molecule has 0 atom stereocenters. The van der Waals surface area contributed by atoms with Gasteiger partial charge in [0.15, 0.2) is 0 Å². The van der Waals surface area contributed by atoms with Crippen LogP contribution in [0.1, 0.15) is 39.5 Å². The van der Waals surface area contributed by atoms with Gasteiger partial charge in [0.1, 0.15) is 0 Å². The number of likely N-dealkylation sites (tertiary alicyclic amines) is 1. The average molecular weight is 196 g/mol. The lowest BCUT2D eigenvalue weighted by Gasteiger charge is -2.31. The molecule has 0 unspecified atom stereocenters. The summed E-state index contributed by atoms with van der Waals surface area (Å²) in [7, 11) is 0. The molecule has 0 aromatic rings. The molecule has 82 valence electrons. The van der Waals surface area contributed by atoms with E-state index in [1.54, 1.807) is 0 Å². The van der Waals surface area contributed by atoms with Crippen molar-refractivity contribution in [1.29, 1.82) is 0 Å². The topological polar surface area (TPSA) is 15.3 Å². The van der Waals surface area contributed by atoms with E-state index in [2.05, 4.69) is 24.1 Å². The van der Waals surface area contributed by atoms with E-state index in [0.717, 1.165) is 5.92 Å². The van der Waals surface area contributed by atoms with Gasteiger partial charge in [-0.1, -0.05) is 0 Å². The minimum absolute atomic E-state index is 0.460. The summed E-state index contributed by atoms with van der Waals surface area (Å²) < 4.78 is 0. The highest BCUT2D eigenvalue weighted by atomic mass is 15.2. The van der Waals surface area contributed by atoms with E-state index >= 15 is 0 Å². The van der Waals surface area contributed by atoms with Gasteiger partial charge in [-0.15, -0.1) is 0 Å². The normalized spacial score (nSPS) is 27.0. The molecule has 0 aromatic carbocycles. The first-order chi connectivity index (χ1) is 6.68. The molecule has 2 fully saturated rings. The Morgan fingerprint density at radius 3 is 2.71 bits per heavy atom. The summed E-state index contributed by atoms with van der Waals surface area (Å²) in [6.45, 7) is 9.73. The Labute approximate surface area is 88.1 Å². The van der Waals surface area contributed by atoms with Gasteiger partial charge in [-0.3, -0.25) is 4.90 Å². The van der Waals surface area contributed by atoms with Gasteiger partial charge in [-0.2, -0.15) is 0 Å². The van der Waals surface area contributed by atoms with Crippen molar-refractivity contribution < 1.29 is 0 Å². The molecule has 1 aliphatic carbocycles. The Morgan fingerprint density at radius 1 is 1.36 bits per heavy atom. The highest BCUT2D eigenvalue weighted by Gasteiger charge is 2.31. The molecule has 0 amide bonds. The van der Waals surface area contributed by atoms with Crippen LogP contribution in [0.2, 0.25) is 0 Å². The third kappa shape index (κ3) is 2.71. The molecule has 1 saturated heterocycles. The van der Waals surface area contributed by atoms with Crippen molar-refractivity contribution in [3.63, 3.8) is 0 Å². The number of hydrogen-bond donors (Lipinski definition) is 1. The first-order valence-electron chi connectivity index (χ1n) is 6.14. The van der Waals surface area contributed by atoms with Gasteiger partial charge >= 0.3 is 0 Å². The molecule has 0 aromatic heterocycles. The summed E-state index contributed by atoms with van der Waals surface area (Å²) in [5.74, 6) is 1.02. The summed E-state index contributed by atoms with van der Waals surface area (Å²) >= 11 is 0. The second-order valence-corrected chi connectivity index (χ2v) is 5.55. The molecule has 2 nitrogen and oxygen atoms in total. The second kappa shape index (κ2) is 4.19. The predicted octanol–water partition coefficient (Wildman–Crippen LogP) is 1.86. The Kier molecular flexibility index (Phi) is 3.13. The number of rotatable bonds is 5. The lowest BCUT2D eigenvalue weighted by atomic mass is 10.0. The Bertz CT molecular complexity index is 185. The van der Waals surface area contributed by atoms with E-state index in [-0.39, 0.29) is 0 Å². The number of hydrogen-bond acceptors (Lipinski definition) is 2. The van der Waals surface area contributed by atoms with E-state index in [4.69, 9.17) is 0 Å². The Morgan fingerprint density at radius 2 is 2.14 bits per heavy atom. The van der Waals surface area contributed by atoms with E-state index < -0.39 is 0 Å². The monoisotopic (exact) mass is 196 g/mol. The molecule has 0 radical (unpaired) electrons. The van der Waals surface area contributed by atoms with Crippen molar-refractivity contribution in [3.8, 4) is 0 Å². The molecule has 1 aliphatic heterocycles. The lowest BCUT2D eigenvalue weighted by molar-refractivity contribution is 0.176. The van der Waals surface area contributed by atoms with Crippen molar-refractivity contribution >= 4 is 0 Å². The van der Waals surface area contributed by atoms with Crippen molar-refractivity contribution in [2.75, 3.05) is 26.2 Å². The molecule has 1 heterocycles. The van der Waals surface area contributed by atoms with Crippen LogP contribution in [0.4, 0.5) is 0 Å². The summed E-state index contributed by atoms with van der Waals surface area (Å²) in [6, 6.07) is 0. The van der Waals surface area contributed by atoms with Crippen molar-refractivity contribution in [2.45, 2.75) is 45.1 Å². The highest BCUT2D eigenvalue weighted by Crippen LogP contribution is 2.28. The standard InChI is InChI=1S/C12H24N2/c1-12(2)6-3-8-14(12)9-7-13-10-11-4-5-11/h11,13H,3-10H2,1-2H3. The zero-order valence-corrected chi connectivity index (χ0v) is 9.68. The van der Waals surface area contributed by atoms with Crippen LogP contribution in [-0.2, 0) is 0 Å². The van der Waals surface area contributed by atoms with Crippen LogP contribution in [0.3, 0.4) is 0 Å². The largest absolute Gasteiger partial charge is 0.315 e. The minimum Gasteiger partial charge on any atom is -0.315 e. The molecule has 14 heavy (non-hydrogen) atoms. The SMILES string of the molecule is CC1(C)CCCN1CCNCC1CC1. The Hall–Kier alpha value is -0.0800. The average Bonchev–Trinajstić information content (AvgIpc) is 2.87. The second-order valence-electron chi connectivity index (χ2n) is 5.55. The maximum atomic E-state index is 3.57. The van der Waals surface area contributed by atoms with Crippen molar-refractivity contribution in [2.24, 2.45) is 5.92 Å². The first-order valence-corrected chi connectivity index (χ1v) is 6.14. The van der Waals surface area contributed by atoms with Crippen LogP contribution in [0, 0.1) is 5.92 Å². The van der Waals surface area contributed by atoms with Gasteiger partial charge in [0.2, 0.25) is 0 Å². The maximum Gasteiger partial charge on any atom is 0.0154 e. The van der Waals surface area contributed by atoms with Gasteiger partial charge in [0, 0.05) is 18.6 Å². The molecule has 2 heteroatoms. The number of nitrogens with zero attached hydrogens (tertiary/aromatic N) is 1. The van der Waals surface area contributed by atoms with E-state index in [9.17, 15) is 0 Å². The van der Waals surface area contributed by atoms with E-state index in [1.807, 2.05) is 0 Å². The molecule has 1 N–H and O–H groups in total. The quantitative estimate of drug-likeness (QED) is 0.675. The maximum absolute atomic E-state index is 3.57. The minimum atomic E-state index is 0.460.